The summed E-state index contributed by atoms with van der Waals surface area (Å²) < 4.78 is 10.9. The van der Waals surface area contributed by atoms with E-state index in [9.17, 15) is 14.7 Å². The second-order valence-corrected chi connectivity index (χ2v) is 6.68. The first-order valence-corrected chi connectivity index (χ1v) is 8.40. The summed E-state index contributed by atoms with van der Waals surface area (Å²) in [6.07, 6.45) is 1.97. The van der Waals surface area contributed by atoms with Gasteiger partial charge in [0.1, 0.15) is 17.6 Å². The molecule has 0 saturated carbocycles. The van der Waals surface area contributed by atoms with Crippen LogP contribution in [0, 0.1) is 5.41 Å². The number of urea groups is 1. The fourth-order valence-electron chi connectivity index (χ4n) is 3.19. The number of hydrogen-bond acceptors (Lipinski definition) is 4. The van der Waals surface area contributed by atoms with Gasteiger partial charge < -0.3 is 24.5 Å². The third-order valence-electron chi connectivity index (χ3n) is 4.82. The fourth-order valence-corrected chi connectivity index (χ4v) is 3.19. The molecule has 7 heteroatoms. The van der Waals surface area contributed by atoms with Gasteiger partial charge in [-0.3, -0.25) is 4.79 Å². The summed E-state index contributed by atoms with van der Waals surface area (Å²) in [5, 5.41) is 12.3. The van der Waals surface area contributed by atoms with E-state index in [-0.39, 0.29) is 12.6 Å². The highest BCUT2D eigenvalue weighted by atomic mass is 16.5. The van der Waals surface area contributed by atoms with Crippen LogP contribution >= 0.6 is 0 Å². The van der Waals surface area contributed by atoms with Gasteiger partial charge in [0, 0.05) is 18.7 Å². The Labute approximate surface area is 151 Å². The summed E-state index contributed by atoms with van der Waals surface area (Å²) in [5.41, 5.74) is -0.152. The van der Waals surface area contributed by atoms with Gasteiger partial charge in [-0.2, -0.15) is 0 Å². The molecule has 1 aliphatic rings. The quantitative estimate of drug-likeness (QED) is 0.857. The number of para-hydroxylation sites is 1. The zero-order valence-corrected chi connectivity index (χ0v) is 14.8. The van der Waals surface area contributed by atoms with Crippen LogP contribution in [0.3, 0.4) is 0 Å². The second-order valence-electron chi connectivity index (χ2n) is 6.68. The minimum absolute atomic E-state index is 0.172. The van der Waals surface area contributed by atoms with Crippen molar-refractivity contribution in [2.45, 2.75) is 19.4 Å². The minimum Gasteiger partial charge on any atom is -0.496 e. The first-order chi connectivity index (χ1) is 12.4. The zero-order chi connectivity index (χ0) is 18.7. The van der Waals surface area contributed by atoms with Crippen LogP contribution in [-0.4, -0.2) is 42.2 Å². The second kappa shape index (κ2) is 7.11. The van der Waals surface area contributed by atoms with Crippen LogP contribution in [0.25, 0.3) is 0 Å². The molecule has 2 unspecified atom stereocenters. The van der Waals surface area contributed by atoms with E-state index in [0.29, 0.717) is 24.5 Å². The van der Waals surface area contributed by atoms with Gasteiger partial charge in [0.15, 0.2) is 0 Å². The Morgan fingerprint density at radius 2 is 2.08 bits per heavy atom. The molecule has 3 rings (SSSR count). The minimum atomic E-state index is -0.915. The molecule has 7 nitrogen and oxygen atoms in total. The van der Waals surface area contributed by atoms with E-state index in [1.807, 2.05) is 24.3 Å². The number of aliphatic carboxylic acids is 1. The average Bonchev–Trinajstić information content (AvgIpc) is 3.30. The number of nitrogens with one attached hydrogen (secondary N) is 1. The van der Waals surface area contributed by atoms with Gasteiger partial charge in [0.2, 0.25) is 0 Å². The van der Waals surface area contributed by atoms with Crippen LogP contribution in [0.15, 0.2) is 47.1 Å². The van der Waals surface area contributed by atoms with E-state index in [0.717, 1.165) is 5.56 Å². The summed E-state index contributed by atoms with van der Waals surface area (Å²) in [7, 11) is 1.57. The lowest BCUT2D eigenvalue weighted by atomic mass is 9.90. The first kappa shape index (κ1) is 17.8. The number of methoxy groups -OCH3 is 1. The molecular weight excluding hydrogens is 336 g/mol. The summed E-state index contributed by atoms with van der Waals surface area (Å²) in [6, 6.07) is 10.0. The summed E-state index contributed by atoms with van der Waals surface area (Å²) in [4.78, 5) is 25.7. The summed E-state index contributed by atoms with van der Waals surface area (Å²) >= 11 is 0. The Balaban J connectivity index is 1.84. The molecule has 1 fully saturated rings. The molecule has 2 atom stereocenters. The number of carboxylic acids is 1. The topological polar surface area (TPSA) is 92.0 Å². The summed E-state index contributed by atoms with van der Waals surface area (Å²) in [6.45, 7) is 2.23. The van der Waals surface area contributed by atoms with Gasteiger partial charge in [-0.1, -0.05) is 18.2 Å². The maximum absolute atomic E-state index is 12.8. The van der Waals surface area contributed by atoms with E-state index in [2.05, 4.69) is 5.32 Å². The number of rotatable bonds is 5. The number of likely N-dealkylation sites (tertiary alicyclic amines) is 1. The predicted octanol–water partition coefficient (Wildman–Crippen LogP) is 2.88. The maximum atomic E-state index is 12.8. The van der Waals surface area contributed by atoms with Gasteiger partial charge in [-0.15, -0.1) is 0 Å². The molecule has 0 aliphatic carbocycles. The average molecular weight is 358 g/mol. The van der Waals surface area contributed by atoms with Crippen molar-refractivity contribution in [2.75, 3.05) is 20.2 Å². The SMILES string of the molecule is COc1ccccc1C(NC(=O)N1CCC(C)(C(=O)O)C1)c1ccco1. The van der Waals surface area contributed by atoms with Crippen molar-refractivity contribution in [3.63, 3.8) is 0 Å². The largest absolute Gasteiger partial charge is 0.496 e. The molecule has 1 aliphatic heterocycles. The lowest BCUT2D eigenvalue weighted by Gasteiger charge is -2.24. The Hall–Kier alpha value is -2.96. The van der Waals surface area contributed by atoms with Crippen molar-refractivity contribution in [1.82, 2.24) is 10.2 Å². The normalized spacial score (nSPS) is 20.6. The Bertz CT molecular complexity index is 789. The third-order valence-corrected chi connectivity index (χ3v) is 4.82. The fraction of sp³-hybridized carbons (Fsp3) is 0.368. The van der Waals surface area contributed by atoms with E-state index in [1.54, 1.807) is 32.4 Å². The summed E-state index contributed by atoms with van der Waals surface area (Å²) in [5.74, 6) is 0.314. The molecule has 2 aromatic rings. The monoisotopic (exact) mass is 358 g/mol. The number of furan rings is 1. The number of carbonyl (C=O) groups is 2. The van der Waals surface area contributed by atoms with Crippen LogP contribution in [0.4, 0.5) is 4.79 Å². The van der Waals surface area contributed by atoms with Crippen molar-refractivity contribution in [1.29, 1.82) is 0 Å². The van der Waals surface area contributed by atoms with Gasteiger partial charge in [-0.25, -0.2) is 4.79 Å². The molecule has 2 amide bonds. The molecule has 1 aromatic heterocycles. The van der Waals surface area contributed by atoms with Gasteiger partial charge in [0.05, 0.1) is 18.8 Å². The van der Waals surface area contributed by atoms with Crippen molar-refractivity contribution in [3.8, 4) is 5.75 Å². The predicted molar refractivity (Wildman–Crippen MR) is 94.0 cm³/mol. The van der Waals surface area contributed by atoms with Crippen molar-refractivity contribution < 1.29 is 23.8 Å². The van der Waals surface area contributed by atoms with Crippen LogP contribution in [0.5, 0.6) is 5.75 Å². The molecule has 26 heavy (non-hydrogen) atoms. The lowest BCUT2D eigenvalue weighted by Crippen LogP contribution is -2.42. The highest BCUT2D eigenvalue weighted by Gasteiger charge is 2.42. The number of carboxylic acid groups (broad SMARTS) is 1. The molecular formula is C19H22N2O5. The Morgan fingerprint density at radius 3 is 2.69 bits per heavy atom. The molecule has 1 aromatic carbocycles. The van der Waals surface area contributed by atoms with E-state index in [1.165, 1.54) is 4.90 Å². The van der Waals surface area contributed by atoms with E-state index < -0.39 is 17.4 Å². The molecule has 0 bridgehead atoms. The van der Waals surface area contributed by atoms with E-state index >= 15 is 0 Å². The highest BCUT2D eigenvalue weighted by Crippen LogP contribution is 2.33. The molecule has 0 radical (unpaired) electrons. The molecule has 2 N–H and O–H groups in total. The number of ether oxygens (including phenoxy) is 1. The Kier molecular flexibility index (Phi) is 4.88. The number of carbonyl (C=O) groups excluding carboxylic acids is 1. The third kappa shape index (κ3) is 3.37. The van der Waals surface area contributed by atoms with Gasteiger partial charge in [0.25, 0.3) is 0 Å². The molecule has 2 heterocycles. The molecule has 1 saturated heterocycles. The Morgan fingerprint density at radius 1 is 1.31 bits per heavy atom. The number of amides is 2. The standard InChI is InChI=1S/C19H22N2O5/c1-19(17(22)23)9-10-21(12-19)18(24)20-16(15-8-5-11-26-15)13-6-3-4-7-14(13)25-2/h3-8,11,16H,9-10,12H2,1-2H3,(H,20,24)(H,22,23). The number of benzene rings is 1. The number of nitrogens with zero attached hydrogens (tertiary/aromatic N) is 1. The van der Waals surface area contributed by atoms with Crippen molar-refractivity contribution in [3.05, 3.63) is 54.0 Å². The number of hydrogen-bond donors (Lipinski definition) is 2. The first-order valence-electron chi connectivity index (χ1n) is 8.40. The van der Waals surface area contributed by atoms with Crippen molar-refractivity contribution >= 4 is 12.0 Å². The molecule has 0 spiro atoms. The van der Waals surface area contributed by atoms with Crippen molar-refractivity contribution in [2.24, 2.45) is 5.41 Å². The lowest BCUT2D eigenvalue weighted by molar-refractivity contribution is -0.147. The molecule has 138 valence electrons. The van der Waals surface area contributed by atoms with Crippen LogP contribution in [-0.2, 0) is 4.79 Å². The van der Waals surface area contributed by atoms with E-state index in [4.69, 9.17) is 9.15 Å². The van der Waals surface area contributed by atoms with Crippen LogP contribution < -0.4 is 10.1 Å². The zero-order valence-electron chi connectivity index (χ0n) is 14.8. The highest BCUT2D eigenvalue weighted by molar-refractivity contribution is 5.80. The van der Waals surface area contributed by atoms with Gasteiger partial charge in [-0.05, 0) is 31.5 Å². The smallest absolute Gasteiger partial charge is 0.318 e. The van der Waals surface area contributed by atoms with Crippen LogP contribution in [0.2, 0.25) is 0 Å². The van der Waals surface area contributed by atoms with Gasteiger partial charge >= 0.3 is 12.0 Å². The maximum Gasteiger partial charge on any atom is 0.318 e. The van der Waals surface area contributed by atoms with Crippen LogP contribution in [0.1, 0.15) is 30.7 Å².